The van der Waals surface area contributed by atoms with Crippen molar-refractivity contribution >= 4 is 28.4 Å². The van der Waals surface area contributed by atoms with Crippen molar-refractivity contribution in [3.63, 3.8) is 0 Å². The SMILES string of the molecule is CCOc1ccc(NC(=O)Cn2c(=O)n(-c3ccc(CC(=O)NC4CC4)cc3)c(=O)c3ccccc32)cc1. The molecule has 0 bridgehead atoms. The van der Waals surface area contributed by atoms with Crippen LogP contribution in [-0.4, -0.2) is 33.6 Å². The largest absolute Gasteiger partial charge is 0.494 e. The molecule has 1 aromatic heterocycles. The highest BCUT2D eigenvalue weighted by atomic mass is 16.5. The second-order valence-corrected chi connectivity index (χ2v) is 9.22. The summed E-state index contributed by atoms with van der Waals surface area (Å²) >= 11 is 0. The van der Waals surface area contributed by atoms with E-state index in [9.17, 15) is 19.2 Å². The maximum Gasteiger partial charge on any atom is 0.336 e. The lowest BCUT2D eigenvalue weighted by atomic mass is 10.1. The van der Waals surface area contributed by atoms with Crippen molar-refractivity contribution in [2.75, 3.05) is 11.9 Å². The minimum Gasteiger partial charge on any atom is -0.494 e. The molecule has 38 heavy (non-hydrogen) atoms. The Balaban J connectivity index is 1.43. The molecule has 9 heteroatoms. The number of nitrogens with one attached hydrogen (secondary N) is 2. The first-order chi connectivity index (χ1) is 18.4. The molecule has 0 saturated heterocycles. The number of nitrogens with zero attached hydrogens (tertiary/aromatic N) is 2. The van der Waals surface area contributed by atoms with Gasteiger partial charge in [-0.25, -0.2) is 9.36 Å². The van der Waals surface area contributed by atoms with E-state index in [1.807, 2.05) is 6.92 Å². The molecule has 1 aliphatic carbocycles. The quantitative estimate of drug-likeness (QED) is 0.358. The molecule has 4 aromatic rings. The highest BCUT2D eigenvalue weighted by Gasteiger charge is 2.23. The van der Waals surface area contributed by atoms with Crippen molar-refractivity contribution in [1.82, 2.24) is 14.5 Å². The lowest BCUT2D eigenvalue weighted by Gasteiger charge is -2.15. The number of carbonyl (C=O) groups is 2. The molecule has 0 atom stereocenters. The molecule has 0 spiro atoms. The van der Waals surface area contributed by atoms with Crippen LogP contribution in [0, 0.1) is 0 Å². The Labute approximate surface area is 218 Å². The van der Waals surface area contributed by atoms with Gasteiger partial charge in [0.2, 0.25) is 11.8 Å². The zero-order valence-corrected chi connectivity index (χ0v) is 21.0. The first kappa shape index (κ1) is 25.0. The maximum absolute atomic E-state index is 13.6. The normalized spacial score (nSPS) is 12.8. The number of hydrogen-bond donors (Lipinski definition) is 2. The van der Waals surface area contributed by atoms with Gasteiger partial charge in [-0.1, -0.05) is 24.3 Å². The number of hydrogen-bond acceptors (Lipinski definition) is 5. The summed E-state index contributed by atoms with van der Waals surface area (Å²) < 4.78 is 7.77. The van der Waals surface area contributed by atoms with Crippen molar-refractivity contribution in [1.29, 1.82) is 0 Å². The Morgan fingerprint density at radius 3 is 2.32 bits per heavy atom. The fourth-order valence-corrected chi connectivity index (χ4v) is 4.30. The third kappa shape index (κ3) is 5.51. The molecular formula is C29H28N4O5. The Kier molecular flexibility index (Phi) is 7.08. The van der Waals surface area contributed by atoms with Gasteiger partial charge in [-0.05, 0) is 73.9 Å². The first-order valence-corrected chi connectivity index (χ1v) is 12.6. The number of benzene rings is 3. The van der Waals surface area contributed by atoms with Gasteiger partial charge >= 0.3 is 5.69 Å². The summed E-state index contributed by atoms with van der Waals surface area (Å²) in [5.74, 6) is 0.224. The number of aromatic nitrogens is 2. The van der Waals surface area contributed by atoms with Gasteiger partial charge in [0.25, 0.3) is 5.56 Å². The minimum atomic E-state index is -0.630. The van der Waals surface area contributed by atoms with Crippen molar-refractivity contribution in [3.05, 3.63) is 99.2 Å². The predicted molar refractivity (Wildman–Crippen MR) is 145 cm³/mol. The van der Waals surface area contributed by atoms with Crippen molar-refractivity contribution in [3.8, 4) is 11.4 Å². The second kappa shape index (κ2) is 10.8. The number of para-hydroxylation sites is 1. The molecular weight excluding hydrogens is 484 g/mol. The lowest BCUT2D eigenvalue weighted by Crippen LogP contribution is -2.40. The molecule has 2 amide bonds. The minimum absolute atomic E-state index is 0.0518. The Bertz CT molecular complexity index is 1600. The number of amides is 2. The molecule has 2 N–H and O–H groups in total. The van der Waals surface area contributed by atoms with Gasteiger partial charge in [-0.15, -0.1) is 0 Å². The second-order valence-electron chi connectivity index (χ2n) is 9.22. The van der Waals surface area contributed by atoms with Gasteiger partial charge in [-0.3, -0.25) is 19.0 Å². The van der Waals surface area contributed by atoms with Crippen LogP contribution in [0.4, 0.5) is 5.69 Å². The molecule has 1 aliphatic rings. The average molecular weight is 513 g/mol. The number of anilines is 1. The monoisotopic (exact) mass is 512 g/mol. The van der Waals surface area contributed by atoms with E-state index >= 15 is 0 Å². The van der Waals surface area contributed by atoms with E-state index in [1.54, 1.807) is 72.8 Å². The molecule has 1 saturated carbocycles. The summed E-state index contributed by atoms with van der Waals surface area (Å²) in [7, 11) is 0. The van der Waals surface area contributed by atoms with Crippen LogP contribution in [0.5, 0.6) is 5.75 Å². The van der Waals surface area contributed by atoms with Crippen molar-refractivity contribution < 1.29 is 14.3 Å². The van der Waals surface area contributed by atoms with Crippen LogP contribution < -0.4 is 26.6 Å². The van der Waals surface area contributed by atoms with Crippen molar-refractivity contribution in [2.45, 2.75) is 38.8 Å². The molecule has 0 unspecified atom stereocenters. The fraction of sp³-hybridized carbons (Fsp3) is 0.241. The van der Waals surface area contributed by atoms with E-state index in [0.717, 1.165) is 23.0 Å². The fourth-order valence-electron chi connectivity index (χ4n) is 4.30. The molecule has 0 aliphatic heterocycles. The summed E-state index contributed by atoms with van der Waals surface area (Å²) in [6.45, 7) is 2.14. The molecule has 194 valence electrons. The molecule has 5 rings (SSSR count). The van der Waals surface area contributed by atoms with Gasteiger partial charge in [-0.2, -0.15) is 0 Å². The number of rotatable bonds is 9. The van der Waals surface area contributed by atoms with Gasteiger partial charge in [0, 0.05) is 11.7 Å². The van der Waals surface area contributed by atoms with Gasteiger partial charge in [0.05, 0.1) is 29.6 Å². The average Bonchev–Trinajstić information content (AvgIpc) is 3.73. The Morgan fingerprint density at radius 2 is 1.63 bits per heavy atom. The molecule has 0 radical (unpaired) electrons. The lowest BCUT2D eigenvalue weighted by molar-refractivity contribution is -0.120. The van der Waals surface area contributed by atoms with Crippen LogP contribution >= 0.6 is 0 Å². The van der Waals surface area contributed by atoms with E-state index in [4.69, 9.17) is 4.74 Å². The van der Waals surface area contributed by atoms with E-state index < -0.39 is 17.2 Å². The standard InChI is InChI=1S/C29H28N4O5/c1-2-38-23-15-11-21(12-16-23)31-27(35)18-32-25-6-4-3-5-24(25)28(36)33(29(32)37)22-13-7-19(8-14-22)17-26(34)30-20-9-10-20/h3-8,11-16,20H,2,9-10,17-18H2,1H3,(H,30,34)(H,31,35). The van der Waals surface area contributed by atoms with E-state index in [1.165, 1.54) is 4.57 Å². The Hall–Kier alpha value is -4.66. The topological polar surface area (TPSA) is 111 Å². The molecule has 1 fully saturated rings. The predicted octanol–water partition coefficient (Wildman–Crippen LogP) is 3.01. The zero-order chi connectivity index (χ0) is 26.6. The summed E-state index contributed by atoms with van der Waals surface area (Å²) in [5, 5.41) is 6.05. The maximum atomic E-state index is 13.6. The van der Waals surface area contributed by atoms with E-state index in [-0.39, 0.29) is 24.9 Å². The first-order valence-electron chi connectivity index (χ1n) is 12.6. The summed E-state index contributed by atoms with van der Waals surface area (Å²) in [5.41, 5.74) is 0.954. The number of fused-ring (bicyclic) bond motifs is 1. The number of ether oxygens (including phenoxy) is 1. The van der Waals surface area contributed by atoms with Gasteiger partial charge in [0.15, 0.2) is 0 Å². The van der Waals surface area contributed by atoms with Gasteiger partial charge < -0.3 is 15.4 Å². The van der Waals surface area contributed by atoms with Crippen LogP contribution in [0.15, 0.2) is 82.4 Å². The van der Waals surface area contributed by atoms with Crippen LogP contribution in [0.2, 0.25) is 0 Å². The molecule has 9 nitrogen and oxygen atoms in total. The molecule has 3 aromatic carbocycles. The van der Waals surface area contributed by atoms with Crippen LogP contribution in [0.1, 0.15) is 25.3 Å². The summed E-state index contributed by atoms with van der Waals surface area (Å²) in [6.07, 6.45) is 2.25. The van der Waals surface area contributed by atoms with Crippen LogP contribution in [-0.2, 0) is 22.6 Å². The number of carbonyl (C=O) groups excluding carboxylic acids is 2. The third-order valence-corrected chi connectivity index (χ3v) is 6.30. The zero-order valence-electron chi connectivity index (χ0n) is 21.0. The Morgan fingerprint density at radius 1 is 0.921 bits per heavy atom. The van der Waals surface area contributed by atoms with Gasteiger partial charge in [0.1, 0.15) is 12.3 Å². The highest BCUT2D eigenvalue weighted by Crippen LogP contribution is 2.19. The highest BCUT2D eigenvalue weighted by molar-refractivity contribution is 5.91. The van der Waals surface area contributed by atoms with E-state index in [0.29, 0.717) is 34.6 Å². The summed E-state index contributed by atoms with van der Waals surface area (Å²) in [4.78, 5) is 51.9. The van der Waals surface area contributed by atoms with Crippen molar-refractivity contribution in [2.24, 2.45) is 0 Å². The summed E-state index contributed by atoms with van der Waals surface area (Å²) in [6, 6.07) is 20.7. The smallest absolute Gasteiger partial charge is 0.336 e. The molecule has 1 heterocycles. The third-order valence-electron chi connectivity index (χ3n) is 6.30. The van der Waals surface area contributed by atoms with Crippen LogP contribution in [0.25, 0.3) is 16.6 Å². The van der Waals surface area contributed by atoms with Crippen LogP contribution in [0.3, 0.4) is 0 Å². The van der Waals surface area contributed by atoms with E-state index in [2.05, 4.69) is 10.6 Å².